The fourth-order valence-electron chi connectivity index (χ4n) is 1.64. The Bertz CT molecular complexity index is 561. The van der Waals surface area contributed by atoms with Crippen molar-refractivity contribution in [3.05, 3.63) is 59.7 Å². The zero-order valence-corrected chi connectivity index (χ0v) is 9.73. The second-order valence-electron chi connectivity index (χ2n) is 3.84. The van der Waals surface area contributed by atoms with Gasteiger partial charge in [0.1, 0.15) is 5.82 Å². The lowest BCUT2D eigenvalue weighted by Gasteiger charge is -2.06. The van der Waals surface area contributed by atoms with Crippen LogP contribution in [0.3, 0.4) is 0 Å². The minimum absolute atomic E-state index is 0.315. The number of nitrogens with one attached hydrogen (secondary N) is 1. The minimum atomic E-state index is -0.408. The molecule has 0 radical (unpaired) electrons. The topological polar surface area (TPSA) is 48.7 Å². The van der Waals surface area contributed by atoms with Gasteiger partial charge in [-0.2, -0.15) is 5.26 Å². The van der Waals surface area contributed by atoms with Crippen molar-refractivity contribution >= 4 is 5.69 Å². The lowest BCUT2D eigenvalue weighted by molar-refractivity contribution is 0.627. The Morgan fingerprint density at radius 2 is 2.17 bits per heavy atom. The molecule has 2 aromatic rings. The van der Waals surface area contributed by atoms with Gasteiger partial charge in [0.2, 0.25) is 0 Å². The van der Waals surface area contributed by atoms with Gasteiger partial charge in [-0.3, -0.25) is 4.98 Å². The molecule has 3 nitrogen and oxygen atoms in total. The molecule has 0 aliphatic heterocycles. The molecule has 0 aliphatic carbocycles. The summed E-state index contributed by atoms with van der Waals surface area (Å²) in [6.45, 7) is 0.644. The maximum Gasteiger partial charge on any atom is 0.126 e. The van der Waals surface area contributed by atoms with Gasteiger partial charge in [-0.1, -0.05) is 6.07 Å². The van der Waals surface area contributed by atoms with Crippen molar-refractivity contribution in [3.8, 4) is 6.07 Å². The zero-order chi connectivity index (χ0) is 12.8. The van der Waals surface area contributed by atoms with Crippen molar-refractivity contribution in [2.24, 2.45) is 0 Å². The molecule has 0 aliphatic rings. The van der Waals surface area contributed by atoms with Crippen molar-refractivity contribution in [2.75, 3.05) is 11.9 Å². The summed E-state index contributed by atoms with van der Waals surface area (Å²) in [6.07, 6.45) is 2.49. The highest BCUT2D eigenvalue weighted by Gasteiger charge is 2.00. The summed E-state index contributed by atoms with van der Waals surface area (Å²) in [4.78, 5) is 4.19. The number of nitrogens with zero attached hydrogens (tertiary/aromatic N) is 2. The minimum Gasteiger partial charge on any atom is -0.385 e. The Labute approximate surface area is 105 Å². The average molecular weight is 241 g/mol. The van der Waals surface area contributed by atoms with Gasteiger partial charge in [0.05, 0.1) is 11.6 Å². The first kappa shape index (κ1) is 12.1. The molecule has 1 aromatic carbocycles. The van der Waals surface area contributed by atoms with Crippen LogP contribution in [-0.4, -0.2) is 11.5 Å². The third-order valence-corrected chi connectivity index (χ3v) is 2.46. The van der Waals surface area contributed by atoms with Gasteiger partial charge in [0.15, 0.2) is 0 Å². The van der Waals surface area contributed by atoms with Crippen LogP contribution < -0.4 is 5.32 Å². The molecule has 18 heavy (non-hydrogen) atoms. The second kappa shape index (κ2) is 5.78. The third-order valence-electron chi connectivity index (χ3n) is 2.46. The van der Waals surface area contributed by atoms with Crippen molar-refractivity contribution in [3.63, 3.8) is 0 Å². The van der Waals surface area contributed by atoms with Crippen LogP contribution in [0.5, 0.6) is 0 Å². The maximum absolute atomic E-state index is 13.2. The molecule has 0 saturated carbocycles. The first-order valence-corrected chi connectivity index (χ1v) is 5.62. The van der Waals surface area contributed by atoms with Gasteiger partial charge >= 0.3 is 0 Å². The van der Waals surface area contributed by atoms with Crippen LogP contribution in [0.25, 0.3) is 0 Å². The van der Waals surface area contributed by atoms with Crippen molar-refractivity contribution in [1.29, 1.82) is 5.26 Å². The second-order valence-corrected chi connectivity index (χ2v) is 3.84. The van der Waals surface area contributed by atoms with E-state index in [1.807, 2.05) is 24.3 Å². The van der Waals surface area contributed by atoms with Crippen molar-refractivity contribution in [1.82, 2.24) is 4.98 Å². The molecule has 2 rings (SSSR count). The molecule has 4 heteroatoms. The number of nitriles is 1. The monoisotopic (exact) mass is 241 g/mol. The maximum atomic E-state index is 13.2. The molecule has 1 N–H and O–H groups in total. The van der Waals surface area contributed by atoms with Crippen LogP contribution in [0.15, 0.2) is 42.6 Å². The smallest absolute Gasteiger partial charge is 0.126 e. The molecule has 0 saturated heterocycles. The molecule has 0 atom stereocenters. The number of aromatic nitrogens is 1. The van der Waals surface area contributed by atoms with E-state index in [1.165, 1.54) is 12.1 Å². The van der Waals surface area contributed by atoms with Crippen LogP contribution in [0.2, 0.25) is 0 Å². The first-order chi connectivity index (χ1) is 8.78. The Hall–Kier alpha value is -2.41. The molecule has 90 valence electrons. The Morgan fingerprint density at radius 1 is 1.28 bits per heavy atom. The highest BCUT2D eigenvalue weighted by molar-refractivity contribution is 5.49. The number of hydrogen-bond acceptors (Lipinski definition) is 3. The van der Waals surface area contributed by atoms with E-state index in [0.717, 1.165) is 12.1 Å². The predicted molar refractivity (Wildman–Crippen MR) is 67.5 cm³/mol. The van der Waals surface area contributed by atoms with Crippen LogP contribution >= 0.6 is 0 Å². The summed E-state index contributed by atoms with van der Waals surface area (Å²) < 4.78 is 13.2. The van der Waals surface area contributed by atoms with Gasteiger partial charge < -0.3 is 5.32 Å². The summed E-state index contributed by atoms with van der Waals surface area (Å²) >= 11 is 0. The summed E-state index contributed by atoms with van der Waals surface area (Å²) in [5.41, 5.74) is 1.90. The van der Waals surface area contributed by atoms with Crippen LogP contribution in [0, 0.1) is 17.1 Å². The van der Waals surface area contributed by atoms with E-state index in [1.54, 1.807) is 12.3 Å². The van der Waals surface area contributed by atoms with Crippen LogP contribution in [0.4, 0.5) is 10.1 Å². The van der Waals surface area contributed by atoms with E-state index in [2.05, 4.69) is 10.3 Å². The van der Waals surface area contributed by atoms with E-state index in [-0.39, 0.29) is 0 Å². The van der Waals surface area contributed by atoms with Crippen molar-refractivity contribution < 1.29 is 4.39 Å². The predicted octanol–water partition coefficient (Wildman–Crippen LogP) is 2.75. The first-order valence-electron chi connectivity index (χ1n) is 5.62. The summed E-state index contributed by atoms with van der Waals surface area (Å²) in [5, 5.41) is 11.8. The highest BCUT2D eigenvalue weighted by Crippen LogP contribution is 2.13. The van der Waals surface area contributed by atoms with E-state index >= 15 is 0 Å². The number of benzene rings is 1. The quantitative estimate of drug-likeness (QED) is 0.895. The van der Waals surface area contributed by atoms with Gasteiger partial charge in [-0.15, -0.1) is 0 Å². The summed E-state index contributed by atoms with van der Waals surface area (Å²) in [5.74, 6) is -0.408. The molecule has 0 unspecified atom stereocenters. The average Bonchev–Trinajstić information content (AvgIpc) is 2.39. The molecular weight excluding hydrogens is 229 g/mol. The molecule has 0 bridgehead atoms. The number of rotatable bonds is 4. The number of halogens is 1. The molecule has 1 aromatic heterocycles. The van der Waals surface area contributed by atoms with Gasteiger partial charge in [-0.05, 0) is 30.3 Å². The van der Waals surface area contributed by atoms with E-state index in [9.17, 15) is 4.39 Å². The molecule has 1 heterocycles. The fraction of sp³-hybridized carbons (Fsp3) is 0.143. The van der Waals surface area contributed by atoms with Gasteiger partial charge in [0, 0.05) is 30.5 Å². The number of pyridine rings is 1. The number of hydrogen-bond donors (Lipinski definition) is 1. The van der Waals surface area contributed by atoms with Crippen LogP contribution in [0.1, 0.15) is 11.3 Å². The summed E-state index contributed by atoms with van der Waals surface area (Å²) in [7, 11) is 0. The normalized spacial score (nSPS) is 9.78. The fourth-order valence-corrected chi connectivity index (χ4v) is 1.64. The summed E-state index contributed by atoms with van der Waals surface area (Å²) in [6, 6.07) is 11.9. The zero-order valence-electron chi connectivity index (χ0n) is 9.73. The SMILES string of the molecule is N#Cc1cc(F)cc(NCCc2ccccn2)c1. The molecule has 0 amide bonds. The molecule has 0 fully saturated rings. The highest BCUT2D eigenvalue weighted by atomic mass is 19.1. The van der Waals surface area contributed by atoms with Crippen molar-refractivity contribution in [2.45, 2.75) is 6.42 Å². The molecule has 0 spiro atoms. The largest absolute Gasteiger partial charge is 0.385 e. The van der Waals surface area contributed by atoms with E-state index < -0.39 is 5.82 Å². The van der Waals surface area contributed by atoms with Gasteiger partial charge in [-0.25, -0.2) is 4.39 Å². The Balaban J connectivity index is 1.95. The third kappa shape index (κ3) is 3.29. The van der Waals surface area contributed by atoms with Crippen LogP contribution in [-0.2, 0) is 6.42 Å². The Kier molecular flexibility index (Phi) is 3.87. The Morgan fingerprint density at radius 3 is 2.89 bits per heavy atom. The van der Waals surface area contributed by atoms with Gasteiger partial charge in [0.25, 0.3) is 0 Å². The van der Waals surface area contributed by atoms with E-state index in [4.69, 9.17) is 5.26 Å². The standard InChI is InChI=1S/C14H12FN3/c15-12-7-11(10-16)8-14(9-12)18-6-4-13-3-1-2-5-17-13/h1-3,5,7-9,18H,4,6H2. The molecular formula is C14H12FN3. The lowest BCUT2D eigenvalue weighted by atomic mass is 10.2. The lowest BCUT2D eigenvalue weighted by Crippen LogP contribution is -2.06. The number of anilines is 1. The van der Waals surface area contributed by atoms with E-state index in [0.29, 0.717) is 17.8 Å².